The summed E-state index contributed by atoms with van der Waals surface area (Å²) >= 11 is 8.14. The van der Waals surface area contributed by atoms with Gasteiger partial charge in [0.05, 0.1) is 12.0 Å². The van der Waals surface area contributed by atoms with E-state index in [-0.39, 0.29) is 18.2 Å². The highest BCUT2D eigenvalue weighted by Crippen LogP contribution is 2.33. The molecule has 2 amide bonds. The summed E-state index contributed by atoms with van der Waals surface area (Å²) in [6.45, 7) is 0.398. The van der Waals surface area contributed by atoms with Gasteiger partial charge in [0.2, 0.25) is 5.91 Å². The Bertz CT molecular complexity index is 1210. The molecule has 34 heavy (non-hydrogen) atoms. The van der Waals surface area contributed by atoms with Gasteiger partial charge in [0.15, 0.2) is 5.13 Å². The van der Waals surface area contributed by atoms with E-state index in [1.807, 2.05) is 48.5 Å². The number of carbonyl (C=O) groups is 2. The maximum Gasteiger partial charge on any atom is 0.266 e. The fourth-order valence-electron chi connectivity index (χ4n) is 3.37. The minimum absolute atomic E-state index is 0.125. The predicted molar refractivity (Wildman–Crippen MR) is 142 cm³/mol. The Hall–Kier alpha value is -3.01. The molecule has 0 aliphatic carbocycles. The zero-order chi connectivity index (χ0) is 23.9. The van der Waals surface area contributed by atoms with Crippen molar-refractivity contribution in [3.63, 3.8) is 0 Å². The Kier molecular flexibility index (Phi) is 8.10. The molecular weight excluding hydrogens is 486 g/mol. The number of aromatic nitrogens is 1. The van der Waals surface area contributed by atoms with Crippen LogP contribution in [0.2, 0.25) is 0 Å². The summed E-state index contributed by atoms with van der Waals surface area (Å²) in [4.78, 5) is 32.7. The molecule has 1 aliphatic rings. The second kappa shape index (κ2) is 11.4. The third-order valence-electron chi connectivity index (χ3n) is 5.09. The molecule has 3 aromatic rings. The van der Waals surface area contributed by atoms with Crippen molar-refractivity contribution in [2.75, 3.05) is 19.0 Å². The molecular formula is C25H23N3O3S3. The van der Waals surface area contributed by atoms with Crippen molar-refractivity contribution >= 4 is 62.7 Å². The lowest BCUT2D eigenvalue weighted by Gasteiger charge is -2.13. The summed E-state index contributed by atoms with van der Waals surface area (Å²) in [7, 11) is 1.61. The van der Waals surface area contributed by atoms with Crippen LogP contribution in [0.3, 0.4) is 0 Å². The quantitative estimate of drug-likeness (QED) is 0.309. The fraction of sp³-hybridized carbons (Fsp3) is 0.200. The first-order valence-corrected chi connectivity index (χ1v) is 12.7. The summed E-state index contributed by atoms with van der Waals surface area (Å²) < 4.78 is 5.67. The van der Waals surface area contributed by atoms with Crippen LogP contribution in [0.4, 0.5) is 5.13 Å². The Labute approximate surface area is 212 Å². The van der Waals surface area contributed by atoms with E-state index < -0.39 is 0 Å². The standard InChI is InChI=1S/C25H23N3O3S3/c1-31-19-11-9-18(10-12-19)15-21-23(30)28(25(32)34-21)13-5-8-22(29)27-24-26-16-20(33-24)14-17-6-3-2-4-7-17/h2-4,6-7,9-12,15-16H,5,8,13-14H2,1H3,(H,26,27,29). The Morgan fingerprint density at radius 3 is 2.68 bits per heavy atom. The third kappa shape index (κ3) is 6.31. The number of methoxy groups -OCH3 is 1. The van der Waals surface area contributed by atoms with Crippen molar-refractivity contribution in [2.45, 2.75) is 19.3 Å². The number of benzene rings is 2. The molecule has 9 heteroatoms. The van der Waals surface area contributed by atoms with Crippen molar-refractivity contribution in [2.24, 2.45) is 0 Å². The monoisotopic (exact) mass is 509 g/mol. The van der Waals surface area contributed by atoms with Gasteiger partial charge in [0, 0.05) is 30.5 Å². The lowest BCUT2D eigenvalue weighted by Crippen LogP contribution is -2.29. The maximum absolute atomic E-state index is 12.8. The molecule has 0 bridgehead atoms. The van der Waals surface area contributed by atoms with Crippen molar-refractivity contribution in [3.8, 4) is 5.75 Å². The Morgan fingerprint density at radius 1 is 1.18 bits per heavy atom. The molecule has 2 aromatic carbocycles. The SMILES string of the molecule is COc1ccc(C=C2SC(=S)N(CCCC(=O)Nc3ncc(Cc4ccccc4)s3)C2=O)cc1. The van der Waals surface area contributed by atoms with Crippen LogP contribution >= 0.6 is 35.3 Å². The van der Waals surface area contributed by atoms with E-state index in [1.165, 1.54) is 28.7 Å². The molecule has 1 fully saturated rings. The minimum Gasteiger partial charge on any atom is -0.497 e. The normalized spacial score (nSPS) is 14.6. The number of thiocarbonyl (C=S) groups is 1. The second-order valence-corrected chi connectivity index (χ2v) is 10.3. The molecule has 6 nitrogen and oxygen atoms in total. The first-order valence-electron chi connectivity index (χ1n) is 10.7. The van der Waals surface area contributed by atoms with Gasteiger partial charge in [-0.1, -0.05) is 66.4 Å². The van der Waals surface area contributed by atoms with Gasteiger partial charge in [0.25, 0.3) is 5.91 Å². The maximum atomic E-state index is 12.8. The molecule has 1 aliphatic heterocycles. The molecule has 1 aromatic heterocycles. The van der Waals surface area contributed by atoms with E-state index in [2.05, 4.69) is 22.4 Å². The average Bonchev–Trinajstić information content (AvgIpc) is 3.38. The van der Waals surface area contributed by atoms with E-state index in [4.69, 9.17) is 17.0 Å². The Balaban J connectivity index is 1.25. The fourth-order valence-corrected chi connectivity index (χ4v) is 5.54. The number of anilines is 1. The highest BCUT2D eigenvalue weighted by atomic mass is 32.2. The van der Waals surface area contributed by atoms with Crippen LogP contribution in [0.15, 0.2) is 65.7 Å². The van der Waals surface area contributed by atoms with Crippen molar-refractivity contribution < 1.29 is 14.3 Å². The molecule has 4 rings (SSSR count). The van der Waals surface area contributed by atoms with Gasteiger partial charge in [0.1, 0.15) is 10.1 Å². The minimum atomic E-state index is -0.128. The molecule has 0 saturated carbocycles. The summed E-state index contributed by atoms with van der Waals surface area (Å²) in [6, 6.07) is 17.6. The topological polar surface area (TPSA) is 71.5 Å². The van der Waals surface area contributed by atoms with Gasteiger partial charge < -0.3 is 10.1 Å². The van der Waals surface area contributed by atoms with E-state index in [0.717, 1.165) is 22.6 Å². The van der Waals surface area contributed by atoms with Crippen molar-refractivity contribution in [1.82, 2.24) is 9.88 Å². The van der Waals surface area contributed by atoms with E-state index in [0.29, 0.717) is 27.3 Å². The third-order valence-corrected chi connectivity index (χ3v) is 7.38. The average molecular weight is 510 g/mol. The van der Waals surface area contributed by atoms with Gasteiger partial charge in [-0.15, -0.1) is 11.3 Å². The van der Waals surface area contributed by atoms with Crippen LogP contribution in [0.1, 0.15) is 28.8 Å². The van der Waals surface area contributed by atoms with Crippen molar-refractivity contribution in [3.05, 3.63) is 81.7 Å². The first-order chi connectivity index (χ1) is 16.5. The lowest BCUT2D eigenvalue weighted by molar-refractivity contribution is -0.122. The van der Waals surface area contributed by atoms with Crippen molar-refractivity contribution in [1.29, 1.82) is 0 Å². The number of rotatable bonds is 9. The molecule has 0 radical (unpaired) electrons. The van der Waals surface area contributed by atoms with Crippen LogP contribution < -0.4 is 10.1 Å². The second-order valence-electron chi connectivity index (χ2n) is 7.55. The van der Waals surface area contributed by atoms with Crippen LogP contribution in [0, 0.1) is 0 Å². The zero-order valence-electron chi connectivity index (χ0n) is 18.5. The largest absolute Gasteiger partial charge is 0.497 e. The lowest BCUT2D eigenvalue weighted by atomic mass is 10.1. The van der Waals surface area contributed by atoms with Gasteiger partial charge in [-0.3, -0.25) is 14.5 Å². The number of ether oxygens (including phenoxy) is 1. The highest BCUT2D eigenvalue weighted by molar-refractivity contribution is 8.26. The molecule has 0 atom stereocenters. The molecule has 0 unspecified atom stereocenters. The smallest absolute Gasteiger partial charge is 0.266 e. The van der Waals surface area contributed by atoms with E-state index in [9.17, 15) is 9.59 Å². The number of carbonyl (C=O) groups excluding carboxylic acids is 2. The van der Waals surface area contributed by atoms with E-state index >= 15 is 0 Å². The van der Waals surface area contributed by atoms with Crippen LogP contribution in [0.25, 0.3) is 6.08 Å². The van der Waals surface area contributed by atoms with Crippen LogP contribution in [0.5, 0.6) is 5.75 Å². The molecule has 174 valence electrons. The van der Waals surface area contributed by atoms with Gasteiger partial charge in [-0.2, -0.15) is 0 Å². The highest BCUT2D eigenvalue weighted by Gasteiger charge is 2.31. The number of hydrogen-bond acceptors (Lipinski definition) is 7. The van der Waals surface area contributed by atoms with Crippen LogP contribution in [-0.4, -0.2) is 39.7 Å². The summed E-state index contributed by atoms with van der Waals surface area (Å²) in [6.07, 6.45) is 5.19. The number of thioether (sulfide) groups is 1. The number of nitrogens with zero attached hydrogens (tertiary/aromatic N) is 2. The van der Waals surface area contributed by atoms with Gasteiger partial charge in [-0.25, -0.2) is 4.98 Å². The van der Waals surface area contributed by atoms with Gasteiger partial charge >= 0.3 is 0 Å². The molecule has 1 N–H and O–H groups in total. The number of amides is 2. The predicted octanol–water partition coefficient (Wildman–Crippen LogP) is 5.36. The van der Waals surface area contributed by atoms with E-state index in [1.54, 1.807) is 18.2 Å². The first kappa shape index (κ1) is 24.1. The van der Waals surface area contributed by atoms with Crippen LogP contribution in [-0.2, 0) is 16.0 Å². The summed E-state index contributed by atoms with van der Waals surface area (Å²) in [5, 5.41) is 3.44. The van der Waals surface area contributed by atoms with Gasteiger partial charge in [-0.05, 0) is 35.8 Å². The number of hydrogen-bond donors (Lipinski definition) is 1. The summed E-state index contributed by atoms with van der Waals surface area (Å²) in [5.74, 6) is 0.504. The Morgan fingerprint density at radius 2 is 1.94 bits per heavy atom. The molecule has 0 spiro atoms. The number of nitrogens with one attached hydrogen (secondary N) is 1. The number of thiazole rings is 1. The molecule has 1 saturated heterocycles. The zero-order valence-corrected chi connectivity index (χ0v) is 21.0. The molecule has 2 heterocycles. The summed E-state index contributed by atoms with van der Waals surface area (Å²) in [5.41, 5.74) is 2.10.